The summed E-state index contributed by atoms with van der Waals surface area (Å²) in [6, 6.07) is 5.61. The Labute approximate surface area is 148 Å². The molecular weight excluding hydrogens is 296 g/mol. The highest BCUT2D eigenvalue weighted by Crippen LogP contribution is 2.21. The summed E-state index contributed by atoms with van der Waals surface area (Å²) in [5, 5.41) is 0. The molecule has 0 N–H and O–H groups in total. The average Bonchev–Trinajstić information content (AvgIpc) is 2.61. The molecule has 0 radical (unpaired) electrons. The number of allylic oxidation sites excluding steroid dienone is 1. The fourth-order valence-electron chi connectivity index (χ4n) is 2.90. The summed E-state index contributed by atoms with van der Waals surface area (Å²) < 4.78 is 5.90. The first-order chi connectivity index (χ1) is 11.8. The van der Waals surface area contributed by atoms with Crippen molar-refractivity contribution >= 4 is 6.29 Å². The van der Waals surface area contributed by atoms with Crippen LogP contribution in [0.25, 0.3) is 0 Å². The first-order valence-electron chi connectivity index (χ1n) is 9.63. The van der Waals surface area contributed by atoms with Gasteiger partial charge in [0.2, 0.25) is 0 Å². The minimum absolute atomic E-state index is 0.693. The molecular formula is C22H34O2. The predicted molar refractivity (Wildman–Crippen MR) is 103 cm³/mol. The topological polar surface area (TPSA) is 26.3 Å². The number of carbonyl (C=O) groups excluding carboxylic acids is 1. The number of aldehydes is 1. The Morgan fingerprint density at radius 2 is 1.58 bits per heavy atom. The molecule has 0 fully saturated rings. The maximum Gasteiger partial charge on any atom is 0.150 e. The molecule has 2 nitrogen and oxygen atoms in total. The van der Waals surface area contributed by atoms with Crippen LogP contribution in [0.4, 0.5) is 0 Å². The van der Waals surface area contributed by atoms with Crippen molar-refractivity contribution in [2.75, 3.05) is 6.61 Å². The maximum atomic E-state index is 10.9. The van der Waals surface area contributed by atoms with Crippen LogP contribution in [-0.2, 0) is 6.42 Å². The number of hydrogen-bond acceptors (Lipinski definition) is 2. The summed E-state index contributed by atoms with van der Waals surface area (Å²) in [6.45, 7) is 6.78. The molecule has 0 amide bonds. The van der Waals surface area contributed by atoms with Crippen LogP contribution in [0.2, 0.25) is 0 Å². The van der Waals surface area contributed by atoms with E-state index in [9.17, 15) is 4.79 Å². The van der Waals surface area contributed by atoms with E-state index in [1.54, 1.807) is 0 Å². The SMILES string of the molecule is C=CCc1cc(C=O)ccc1OCCCCCCCCCCCC. The van der Waals surface area contributed by atoms with Gasteiger partial charge < -0.3 is 4.74 Å². The number of ether oxygens (including phenoxy) is 1. The van der Waals surface area contributed by atoms with E-state index in [-0.39, 0.29) is 0 Å². The summed E-state index contributed by atoms with van der Waals surface area (Å²) in [6.07, 6.45) is 16.7. The van der Waals surface area contributed by atoms with E-state index in [2.05, 4.69) is 13.5 Å². The van der Waals surface area contributed by atoms with Gasteiger partial charge in [-0.25, -0.2) is 0 Å². The van der Waals surface area contributed by atoms with Crippen molar-refractivity contribution in [3.8, 4) is 5.75 Å². The first kappa shape index (κ1) is 20.5. The van der Waals surface area contributed by atoms with Crippen molar-refractivity contribution in [2.45, 2.75) is 77.6 Å². The summed E-state index contributed by atoms with van der Waals surface area (Å²) in [4.78, 5) is 10.9. The predicted octanol–water partition coefficient (Wildman–Crippen LogP) is 6.53. The van der Waals surface area contributed by atoms with Gasteiger partial charge in [0.1, 0.15) is 12.0 Å². The summed E-state index contributed by atoms with van der Waals surface area (Å²) in [7, 11) is 0. The van der Waals surface area contributed by atoms with Crippen LogP contribution in [-0.4, -0.2) is 12.9 Å². The maximum absolute atomic E-state index is 10.9. The van der Waals surface area contributed by atoms with Gasteiger partial charge in [0.25, 0.3) is 0 Å². The lowest BCUT2D eigenvalue weighted by molar-refractivity contribution is 0.112. The normalized spacial score (nSPS) is 10.5. The smallest absolute Gasteiger partial charge is 0.150 e. The number of rotatable bonds is 15. The van der Waals surface area contributed by atoms with E-state index in [4.69, 9.17) is 4.74 Å². The second-order valence-electron chi connectivity index (χ2n) is 6.51. The minimum atomic E-state index is 0.693. The minimum Gasteiger partial charge on any atom is -0.493 e. The quantitative estimate of drug-likeness (QED) is 0.208. The molecule has 134 valence electrons. The van der Waals surface area contributed by atoms with Crippen LogP contribution in [0, 0.1) is 0 Å². The molecule has 24 heavy (non-hydrogen) atoms. The van der Waals surface area contributed by atoms with Crippen molar-refractivity contribution in [1.82, 2.24) is 0 Å². The van der Waals surface area contributed by atoms with Gasteiger partial charge >= 0.3 is 0 Å². The molecule has 0 saturated heterocycles. The second kappa shape index (κ2) is 13.8. The summed E-state index contributed by atoms with van der Waals surface area (Å²) in [5.74, 6) is 0.886. The number of unbranched alkanes of at least 4 members (excludes halogenated alkanes) is 9. The van der Waals surface area contributed by atoms with Crippen molar-refractivity contribution in [3.63, 3.8) is 0 Å². The average molecular weight is 331 g/mol. The van der Waals surface area contributed by atoms with Crippen LogP contribution >= 0.6 is 0 Å². The fourth-order valence-corrected chi connectivity index (χ4v) is 2.90. The van der Waals surface area contributed by atoms with Crippen LogP contribution < -0.4 is 4.74 Å². The van der Waals surface area contributed by atoms with E-state index in [1.165, 1.54) is 57.8 Å². The zero-order valence-corrected chi connectivity index (χ0v) is 15.4. The Hall–Kier alpha value is -1.57. The summed E-state index contributed by atoms with van der Waals surface area (Å²) in [5.41, 5.74) is 1.74. The highest BCUT2D eigenvalue weighted by Gasteiger charge is 2.04. The van der Waals surface area contributed by atoms with E-state index in [0.717, 1.165) is 37.0 Å². The highest BCUT2D eigenvalue weighted by atomic mass is 16.5. The van der Waals surface area contributed by atoms with Gasteiger partial charge in [0, 0.05) is 5.56 Å². The molecule has 0 aliphatic heterocycles. The molecule has 1 aromatic carbocycles. The molecule has 2 heteroatoms. The lowest BCUT2D eigenvalue weighted by Crippen LogP contribution is -2.01. The largest absolute Gasteiger partial charge is 0.493 e. The summed E-state index contributed by atoms with van der Waals surface area (Å²) >= 11 is 0. The van der Waals surface area contributed by atoms with Gasteiger partial charge in [-0.3, -0.25) is 4.79 Å². The monoisotopic (exact) mass is 330 g/mol. The van der Waals surface area contributed by atoms with Crippen molar-refractivity contribution < 1.29 is 9.53 Å². The van der Waals surface area contributed by atoms with Gasteiger partial charge in [-0.1, -0.05) is 70.8 Å². The Kier molecular flexibility index (Phi) is 11.8. The molecule has 0 unspecified atom stereocenters. The second-order valence-corrected chi connectivity index (χ2v) is 6.51. The van der Waals surface area contributed by atoms with Crippen molar-refractivity contribution in [3.05, 3.63) is 42.0 Å². The van der Waals surface area contributed by atoms with Crippen molar-refractivity contribution in [1.29, 1.82) is 0 Å². The molecule has 0 heterocycles. The zero-order valence-electron chi connectivity index (χ0n) is 15.4. The van der Waals surface area contributed by atoms with Gasteiger partial charge in [0.05, 0.1) is 6.61 Å². The molecule has 0 bridgehead atoms. The van der Waals surface area contributed by atoms with Gasteiger partial charge in [-0.15, -0.1) is 6.58 Å². The van der Waals surface area contributed by atoms with E-state index in [1.807, 2.05) is 24.3 Å². The van der Waals surface area contributed by atoms with E-state index in [0.29, 0.717) is 5.56 Å². The van der Waals surface area contributed by atoms with Crippen LogP contribution in [0.1, 0.15) is 87.1 Å². The molecule has 1 aromatic rings. The molecule has 0 aromatic heterocycles. The third-order valence-electron chi connectivity index (χ3n) is 4.34. The van der Waals surface area contributed by atoms with Crippen LogP contribution in [0.3, 0.4) is 0 Å². The Balaban J connectivity index is 2.12. The van der Waals surface area contributed by atoms with Gasteiger partial charge in [-0.2, -0.15) is 0 Å². The van der Waals surface area contributed by atoms with Crippen molar-refractivity contribution in [2.24, 2.45) is 0 Å². The number of hydrogen-bond donors (Lipinski definition) is 0. The Bertz CT molecular complexity index is 465. The number of carbonyl (C=O) groups is 1. The third-order valence-corrected chi connectivity index (χ3v) is 4.34. The Morgan fingerprint density at radius 1 is 0.958 bits per heavy atom. The lowest BCUT2D eigenvalue weighted by Gasteiger charge is -2.11. The highest BCUT2D eigenvalue weighted by molar-refractivity contribution is 5.75. The van der Waals surface area contributed by atoms with Crippen LogP contribution in [0.5, 0.6) is 5.75 Å². The molecule has 1 rings (SSSR count). The van der Waals surface area contributed by atoms with E-state index < -0.39 is 0 Å². The third kappa shape index (κ3) is 8.90. The van der Waals surface area contributed by atoms with E-state index >= 15 is 0 Å². The standard InChI is InChI=1S/C22H34O2/c1-3-5-6-7-8-9-10-11-12-13-17-24-22-16-15-20(19-23)18-21(22)14-4-2/h4,15-16,18-19H,2-3,5-14,17H2,1H3. The lowest BCUT2D eigenvalue weighted by atomic mass is 10.1. The molecule has 0 saturated carbocycles. The molecule has 0 spiro atoms. The molecule has 0 aliphatic carbocycles. The zero-order chi connectivity index (χ0) is 17.5. The fraction of sp³-hybridized carbons (Fsp3) is 0.591. The molecule has 0 aliphatic rings. The number of benzene rings is 1. The Morgan fingerprint density at radius 3 is 2.17 bits per heavy atom. The van der Waals surface area contributed by atoms with Gasteiger partial charge in [-0.05, 0) is 36.6 Å². The first-order valence-corrected chi connectivity index (χ1v) is 9.63. The van der Waals surface area contributed by atoms with Crippen LogP contribution in [0.15, 0.2) is 30.9 Å². The molecule has 0 atom stereocenters. The van der Waals surface area contributed by atoms with Gasteiger partial charge in [0.15, 0.2) is 0 Å².